The number of carbonyl (C=O) groups excluding carboxylic acids is 1. The quantitative estimate of drug-likeness (QED) is 0.759. The van der Waals surface area contributed by atoms with Crippen molar-refractivity contribution < 1.29 is 4.79 Å². The standard InChI is InChI=1S/C13H14N2OS/c1-10-11-4-2-6-14(11)7-8-15(10)13(16)12-5-3-9-17-12/h2-6,9-10H,7-8H2,1H3. The lowest BCUT2D eigenvalue weighted by atomic mass is 10.1. The molecule has 2 aromatic heterocycles. The molecule has 1 aliphatic heterocycles. The maximum Gasteiger partial charge on any atom is 0.264 e. The van der Waals surface area contributed by atoms with Crippen molar-refractivity contribution in [1.82, 2.24) is 9.47 Å². The fourth-order valence-electron chi connectivity index (χ4n) is 2.40. The maximum atomic E-state index is 12.3. The third kappa shape index (κ3) is 1.69. The molecule has 3 nitrogen and oxygen atoms in total. The molecule has 1 aliphatic rings. The molecule has 17 heavy (non-hydrogen) atoms. The molecule has 0 saturated carbocycles. The Morgan fingerprint density at radius 2 is 2.24 bits per heavy atom. The predicted octanol–water partition coefficient (Wildman–Crippen LogP) is 2.77. The Morgan fingerprint density at radius 1 is 1.35 bits per heavy atom. The summed E-state index contributed by atoms with van der Waals surface area (Å²) < 4.78 is 2.23. The van der Waals surface area contributed by atoms with Crippen LogP contribution in [0.1, 0.15) is 28.3 Å². The van der Waals surface area contributed by atoms with Gasteiger partial charge in [0, 0.05) is 25.0 Å². The summed E-state index contributed by atoms with van der Waals surface area (Å²) in [5.74, 6) is 0.153. The van der Waals surface area contributed by atoms with Gasteiger partial charge in [-0.15, -0.1) is 11.3 Å². The van der Waals surface area contributed by atoms with Crippen LogP contribution in [0.4, 0.5) is 0 Å². The summed E-state index contributed by atoms with van der Waals surface area (Å²) in [5.41, 5.74) is 1.22. The van der Waals surface area contributed by atoms with E-state index in [1.165, 1.54) is 17.0 Å². The molecule has 0 aromatic carbocycles. The summed E-state index contributed by atoms with van der Waals surface area (Å²) in [6, 6.07) is 8.12. The molecule has 0 radical (unpaired) electrons. The van der Waals surface area contributed by atoms with Gasteiger partial charge in [0.05, 0.1) is 10.9 Å². The Bertz CT molecular complexity index is 529. The van der Waals surface area contributed by atoms with Crippen LogP contribution in [0.3, 0.4) is 0 Å². The number of hydrogen-bond acceptors (Lipinski definition) is 2. The normalized spacial score (nSPS) is 19.1. The zero-order valence-electron chi connectivity index (χ0n) is 9.67. The summed E-state index contributed by atoms with van der Waals surface area (Å²) in [4.78, 5) is 15.1. The lowest BCUT2D eigenvalue weighted by Crippen LogP contribution is -2.40. The second kappa shape index (κ2) is 4.04. The monoisotopic (exact) mass is 246 g/mol. The molecule has 1 unspecified atom stereocenters. The lowest BCUT2D eigenvalue weighted by molar-refractivity contribution is 0.0649. The van der Waals surface area contributed by atoms with E-state index in [9.17, 15) is 4.79 Å². The number of hydrogen-bond donors (Lipinski definition) is 0. The molecular weight excluding hydrogens is 232 g/mol. The van der Waals surface area contributed by atoms with Gasteiger partial charge < -0.3 is 9.47 Å². The van der Waals surface area contributed by atoms with Crippen molar-refractivity contribution in [3.8, 4) is 0 Å². The molecule has 3 rings (SSSR count). The average molecular weight is 246 g/mol. The zero-order valence-corrected chi connectivity index (χ0v) is 10.5. The molecule has 88 valence electrons. The lowest BCUT2D eigenvalue weighted by Gasteiger charge is -2.34. The van der Waals surface area contributed by atoms with E-state index in [4.69, 9.17) is 0 Å². The van der Waals surface area contributed by atoms with Gasteiger partial charge in [0.15, 0.2) is 0 Å². The third-order valence-corrected chi connectivity index (χ3v) is 4.19. The van der Waals surface area contributed by atoms with Gasteiger partial charge in [-0.3, -0.25) is 4.79 Å². The van der Waals surface area contributed by atoms with Crippen LogP contribution in [0.5, 0.6) is 0 Å². The predicted molar refractivity (Wildman–Crippen MR) is 68.2 cm³/mol. The van der Waals surface area contributed by atoms with Gasteiger partial charge in [0.25, 0.3) is 5.91 Å². The molecule has 0 N–H and O–H groups in total. The van der Waals surface area contributed by atoms with Gasteiger partial charge in [-0.25, -0.2) is 0 Å². The Balaban J connectivity index is 1.89. The first-order chi connectivity index (χ1) is 8.27. The van der Waals surface area contributed by atoms with Crippen LogP contribution in [0.15, 0.2) is 35.8 Å². The van der Waals surface area contributed by atoms with E-state index >= 15 is 0 Å². The summed E-state index contributed by atoms with van der Waals surface area (Å²) in [6.07, 6.45) is 2.08. The van der Waals surface area contributed by atoms with Crippen molar-refractivity contribution in [2.45, 2.75) is 19.5 Å². The van der Waals surface area contributed by atoms with E-state index in [1.54, 1.807) is 0 Å². The van der Waals surface area contributed by atoms with Crippen molar-refractivity contribution in [3.63, 3.8) is 0 Å². The largest absolute Gasteiger partial charge is 0.348 e. The number of nitrogens with zero attached hydrogens (tertiary/aromatic N) is 2. The van der Waals surface area contributed by atoms with Crippen molar-refractivity contribution in [1.29, 1.82) is 0 Å². The number of thiophene rings is 1. The highest BCUT2D eigenvalue weighted by Gasteiger charge is 2.28. The summed E-state index contributed by atoms with van der Waals surface area (Å²) >= 11 is 1.51. The molecule has 3 heterocycles. The molecule has 0 saturated heterocycles. The molecule has 2 aromatic rings. The molecule has 0 aliphatic carbocycles. The highest BCUT2D eigenvalue weighted by atomic mass is 32.1. The van der Waals surface area contributed by atoms with Crippen LogP contribution in [-0.2, 0) is 6.54 Å². The Morgan fingerprint density at radius 3 is 3.00 bits per heavy atom. The highest BCUT2D eigenvalue weighted by Crippen LogP contribution is 2.27. The summed E-state index contributed by atoms with van der Waals surface area (Å²) in [7, 11) is 0. The third-order valence-electron chi connectivity index (χ3n) is 3.33. The van der Waals surface area contributed by atoms with E-state index in [1.807, 2.05) is 28.5 Å². The van der Waals surface area contributed by atoms with Crippen LogP contribution in [-0.4, -0.2) is 21.9 Å². The number of aromatic nitrogens is 1. The fourth-order valence-corrected chi connectivity index (χ4v) is 3.08. The summed E-state index contributed by atoms with van der Waals surface area (Å²) in [5, 5.41) is 1.95. The van der Waals surface area contributed by atoms with E-state index in [2.05, 4.69) is 23.8 Å². The fraction of sp³-hybridized carbons (Fsp3) is 0.308. The van der Waals surface area contributed by atoms with Gasteiger partial charge >= 0.3 is 0 Å². The molecule has 0 spiro atoms. The molecule has 0 bridgehead atoms. The van der Waals surface area contributed by atoms with Gasteiger partial charge in [-0.2, -0.15) is 0 Å². The minimum Gasteiger partial charge on any atom is -0.348 e. The van der Waals surface area contributed by atoms with E-state index < -0.39 is 0 Å². The van der Waals surface area contributed by atoms with Crippen LogP contribution in [0.25, 0.3) is 0 Å². The van der Waals surface area contributed by atoms with E-state index in [0.717, 1.165) is 18.0 Å². The molecule has 1 atom stereocenters. The van der Waals surface area contributed by atoms with Gasteiger partial charge in [-0.1, -0.05) is 6.07 Å². The highest BCUT2D eigenvalue weighted by molar-refractivity contribution is 7.12. The van der Waals surface area contributed by atoms with Crippen molar-refractivity contribution in [2.24, 2.45) is 0 Å². The number of fused-ring (bicyclic) bond motifs is 1. The minimum atomic E-state index is 0.153. The first kappa shape index (κ1) is 10.6. The Labute approximate surface area is 104 Å². The Kier molecular flexibility index (Phi) is 2.52. The maximum absolute atomic E-state index is 12.3. The average Bonchev–Trinajstić information content (AvgIpc) is 3.00. The van der Waals surface area contributed by atoms with Crippen LogP contribution < -0.4 is 0 Å². The topological polar surface area (TPSA) is 25.2 Å². The zero-order chi connectivity index (χ0) is 11.8. The molecular formula is C13H14N2OS. The first-order valence-corrected chi connectivity index (χ1v) is 6.65. The molecule has 0 fully saturated rings. The number of carbonyl (C=O) groups is 1. The first-order valence-electron chi connectivity index (χ1n) is 5.77. The van der Waals surface area contributed by atoms with Crippen molar-refractivity contribution in [2.75, 3.05) is 6.54 Å². The smallest absolute Gasteiger partial charge is 0.264 e. The van der Waals surface area contributed by atoms with E-state index in [-0.39, 0.29) is 11.9 Å². The second-order valence-electron chi connectivity index (χ2n) is 4.28. The minimum absolute atomic E-state index is 0.153. The molecule has 4 heteroatoms. The number of amides is 1. The SMILES string of the molecule is CC1c2cccn2CCN1C(=O)c1cccs1. The van der Waals surface area contributed by atoms with Crippen LogP contribution in [0, 0.1) is 0 Å². The van der Waals surface area contributed by atoms with Gasteiger partial charge in [0.1, 0.15) is 0 Å². The van der Waals surface area contributed by atoms with Crippen LogP contribution >= 0.6 is 11.3 Å². The van der Waals surface area contributed by atoms with E-state index in [0.29, 0.717) is 0 Å². The molecule has 1 amide bonds. The second-order valence-corrected chi connectivity index (χ2v) is 5.23. The van der Waals surface area contributed by atoms with Crippen molar-refractivity contribution in [3.05, 3.63) is 46.4 Å². The number of rotatable bonds is 1. The van der Waals surface area contributed by atoms with Gasteiger partial charge in [-0.05, 0) is 30.5 Å². The Hall–Kier alpha value is -1.55. The summed E-state index contributed by atoms with van der Waals surface area (Å²) in [6.45, 7) is 3.78. The van der Waals surface area contributed by atoms with Gasteiger partial charge in [0.2, 0.25) is 0 Å². The van der Waals surface area contributed by atoms with Crippen LogP contribution in [0.2, 0.25) is 0 Å². The van der Waals surface area contributed by atoms with Crippen molar-refractivity contribution >= 4 is 17.2 Å².